The van der Waals surface area contributed by atoms with Crippen LogP contribution in [0.15, 0.2) is 82.0 Å². The molecule has 0 saturated heterocycles. The average Bonchev–Trinajstić information content (AvgIpc) is 3.11. The zero-order valence-corrected chi connectivity index (χ0v) is 16.9. The SMILES string of the molecule is Cc1c(-c2ccccc2)oc2c(C(=O)N3c4ccccc4C[C@@H]3C)cccc2c1=O. The number of benzene rings is 3. The van der Waals surface area contributed by atoms with Crippen LogP contribution in [0.5, 0.6) is 0 Å². The Morgan fingerprint density at radius 2 is 1.70 bits per heavy atom. The molecule has 4 nitrogen and oxygen atoms in total. The predicted octanol–water partition coefficient (Wildman–Crippen LogP) is 5.36. The van der Waals surface area contributed by atoms with Gasteiger partial charge in [0.05, 0.1) is 10.9 Å². The maximum absolute atomic E-state index is 13.6. The van der Waals surface area contributed by atoms with Gasteiger partial charge < -0.3 is 9.32 Å². The number of rotatable bonds is 2. The van der Waals surface area contributed by atoms with Gasteiger partial charge in [0.1, 0.15) is 5.76 Å². The van der Waals surface area contributed by atoms with Crippen molar-refractivity contribution < 1.29 is 9.21 Å². The van der Waals surface area contributed by atoms with Crippen molar-refractivity contribution in [2.24, 2.45) is 0 Å². The summed E-state index contributed by atoms with van der Waals surface area (Å²) in [6.45, 7) is 3.81. The van der Waals surface area contributed by atoms with Crippen LogP contribution in [0, 0.1) is 6.92 Å². The topological polar surface area (TPSA) is 50.5 Å². The first-order valence-corrected chi connectivity index (χ1v) is 10.1. The number of carbonyl (C=O) groups is 1. The molecule has 0 N–H and O–H groups in total. The molecule has 0 bridgehead atoms. The largest absolute Gasteiger partial charge is 0.455 e. The second-order valence-corrected chi connectivity index (χ2v) is 7.79. The van der Waals surface area contributed by atoms with Gasteiger partial charge in [0.15, 0.2) is 11.0 Å². The van der Waals surface area contributed by atoms with Crippen molar-refractivity contribution in [3.05, 3.63) is 99.7 Å². The fourth-order valence-electron chi connectivity index (χ4n) is 4.35. The first-order chi connectivity index (χ1) is 14.6. The maximum Gasteiger partial charge on any atom is 0.262 e. The Labute approximate surface area is 174 Å². The first kappa shape index (κ1) is 18.4. The highest BCUT2D eigenvalue weighted by Gasteiger charge is 2.32. The van der Waals surface area contributed by atoms with Gasteiger partial charge in [-0.1, -0.05) is 54.6 Å². The average molecular weight is 395 g/mol. The zero-order chi connectivity index (χ0) is 20.8. The van der Waals surface area contributed by atoms with E-state index in [-0.39, 0.29) is 17.4 Å². The summed E-state index contributed by atoms with van der Waals surface area (Å²) in [6, 6.07) is 22.7. The first-order valence-electron chi connectivity index (χ1n) is 10.1. The minimum Gasteiger partial charge on any atom is -0.455 e. The van der Waals surface area contributed by atoms with E-state index in [1.54, 1.807) is 25.1 Å². The van der Waals surface area contributed by atoms with Crippen molar-refractivity contribution in [2.75, 3.05) is 4.90 Å². The van der Waals surface area contributed by atoms with E-state index in [1.807, 2.05) is 60.4 Å². The standard InChI is InChI=1S/C26H21NO3/c1-16-15-19-11-6-7-14-22(19)27(16)26(29)21-13-8-12-20-23(28)17(2)24(30-25(20)21)18-9-4-3-5-10-18/h3-14,16H,15H2,1-2H3/t16-/m0/s1. The fraction of sp³-hybridized carbons (Fsp3) is 0.154. The molecule has 3 aromatic carbocycles. The number of hydrogen-bond donors (Lipinski definition) is 0. The molecule has 5 rings (SSSR count). The lowest BCUT2D eigenvalue weighted by molar-refractivity contribution is 0.0982. The van der Waals surface area contributed by atoms with Crippen LogP contribution in [0.1, 0.15) is 28.4 Å². The molecular formula is C26H21NO3. The highest BCUT2D eigenvalue weighted by molar-refractivity contribution is 6.13. The van der Waals surface area contributed by atoms with E-state index in [0.717, 1.165) is 23.2 Å². The molecule has 4 aromatic rings. The summed E-state index contributed by atoms with van der Waals surface area (Å²) >= 11 is 0. The Kier molecular flexibility index (Phi) is 4.28. The summed E-state index contributed by atoms with van der Waals surface area (Å²) < 4.78 is 6.25. The molecule has 0 aliphatic carbocycles. The lowest BCUT2D eigenvalue weighted by Crippen LogP contribution is -2.35. The van der Waals surface area contributed by atoms with Crippen LogP contribution in [-0.4, -0.2) is 11.9 Å². The maximum atomic E-state index is 13.6. The Morgan fingerprint density at radius 1 is 0.967 bits per heavy atom. The summed E-state index contributed by atoms with van der Waals surface area (Å²) in [5.41, 5.74) is 4.07. The van der Waals surface area contributed by atoms with E-state index in [1.165, 1.54) is 0 Å². The molecule has 0 unspecified atom stereocenters. The van der Waals surface area contributed by atoms with Gasteiger partial charge in [0.2, 0.25) is 0 Å². The summed E-state index contributed by atoms with van der Waals surface area (Å²) in [7, 11) is 0. The van der Waals surface area contributed by atoms with E-state index in [4.69, 9.17) is 4.42 Å². The van der Waals surface area contributed by atoms with Crippen LogP contribution >= 0.6 is 0 Å². The highest BCUT2D eigenvalue weighted by atomic mass is 16.3. The van der Waals surface area contributed by atoms with E-state index in [2.05, 4.69) is 6.07 Å². The van der Waals surface area contributed by atoms with Crippen LogP contribution in [0.4, 0.5) is 5.69 Å². The zero-order valence-electron chi connectivity index (χ0n) is 16.9. The Balaban J connectivity index is 1.72. The Morgan fingerprint density at radius 3 is 2.50 bits per heavy atom. The van der Waals surface area contributed by atoms with E-state index >= 15 is 0 Å². The summed E-state index contributed by atoms with van der Waals surface area (Å²) in [5.74, 6) is 0.354. The minimum absolute atomic E-state index is 0.0379. The van der Waals surface area contributed by atoms with Gasteiger partial charge in [-0.25, -0.2) is 0 Å². The number of para-hydroxylation sites is 2. The van der Waals surface area contributed by atoms with Crippen molar-refractivity contribution in [2.45, 2.75) is 26.3 Å². The molecule has 1 aliphatic heterocycles. The van der Waals surface area contributed by atoms with Crippen molar-refractivity contribution in [3.8, 4) is 11.3 Å². The highest BCUT2D eigenvalue weighted by Crippen LogP contribution is 2.35. The predicted molar refractivity (Wildman–Crippen MR) is 119 cm³/mol. The second-order valence-electron chi connectivity index (χ2n) is 7.79. The molecule has 0 spiro atoms. The van der Waals surface area contributed by atoms with Crippen LogP contribution in [0.3, 0.4) is 0 Å². The molecule has 1 aromatic heterocycles. The number of fused-ring (bicyclic) bond motifs is 2. The number of amides is 1. The molecular weight excluding hydrogens is 374 g/mol. The Hall–Kier alpha value is -3.66. The van der Waals surface area contributed by atoms with E-state index in [9.17, 15) is 9.59 Å². The lowest BCUT2D eigenvalue weighted by Gasteiger charge is -2.23. The third kappa shape index (κ3) is 2.76. The van der Waals surface area contributed by atoms with Crippen molar-refractivity contribution in [1.82, 2.24) is 0 Å². The number of nitrogens with zero attached hydrogens (tertiary/aromatic N) is 1. The molecule has 4 heteroatoms. The fourth-order valence-corrected chi connectivity index (χ4v) is 4.35. The van der Waals surface area contributed by atoms with Gasteiger partial charge in [-0.3, -0.25) is 9.59 Å². The quantitative estimate of drug-likeness (QED) is 0.459. The number of anilines is 1. The summed E-state index contributed by atoms with van der Waals surface area (Å²) in [6.07, 6.45) is 0.811. The van der Waals surface area contributed by atoms with Crippen LogP contribution in [-0.2, 0) is 6.42 Å². The van der Waals surface area contributed by atoms with Gasteiger partial charge in [0, 0.05) is 22.9 Å². The molecule has 2 heterocycles. The van der Waals surface area contributed by atoms with Crippen LogP contribution in [0.2, 0.25) is 0 Å². The number of carbonyl (C=O) groups excluding carboxylic acids is 1. The monoisotopic (exact) mass is 395 g/mol. The van der Waals surface area contributed by atoms with Crippen molar-refractivity contribution in [3.63, 3.8) is 0 Å². The molecule has 148 valence electrons. The number of hydrogen-bond acceptors (Lipinski definition) is 3. The van der Waals surface area contributed by atoms with Gasteiger partial charge in [-0.15, -0.1) is 0 Å². The van der Waals surface area contributed by atoms with Gasteiger partial charge >= 0.3 is 0 Å². The third-order valence-corrected chi connectivity index (χ3v) is 5.84. The molecule has 1 aliphatic rings. The normalized spacial score (nSPS) is 15.4. The second kappa shape index (κ2) is 6.99. The van der Waals surface area contributed by atoms with Gasteiger partial charge in [-0.05, 0) is 44.0 Å². The van der Waals surface area contributed by atoms with Crippen LogP contribution < -0.4 is 10.3 Å². The molecule has 30 heavy (non-hydrogen) atoms. The lowest BCUT2D eigenvalue weighted by atomic mass is 10.0. The molecule has 0 saturated carbocycles. The molecule has 0 radical (unpaired) electrons. The van der Waals surface area contributed by atoms with E-state index < -0.39 is 0 Å². The summed E-state index contributed by atoms with van der Waals surface area (Å²) in [4.78, 5) is 28.5. The van der Waals surface area contributed by atoms with Crippen LogP contribution in [0.25, 0.3) is 22.3 Å². The van der Waals surface area contributed by atoms with E-state index in [0.29, 0.717) is 27.9 Å². The third-order valence-electron chi connectivity index (χ3n) is 5.84. The molecule has 0 fully saturated rings. The Bertz CT molecular complexity index is 1340. The van der Waals surface area contributed by atoms with Crippen molar-refractivity contribution in [1.29, 1.82) is 0 Å². The minimum atomic E-state index is -0.149. The molecule has 1 amide bonds. The van der Waals surface area contributed by atoms with Gasteiger partial charge in [-0.2, -0.15) is 0 Å². The smallest absolute Gasteiger partial charge is 0.262 e. The van der Waals surface area contributed by atoms with Crippen molar-refractivity contribution >= 4 is 22.6 Å². The van der Waals surface area contributed by atoms with Gasteiger partial charge in [0.25, 0.3) is 5.91 Å². The summed E-state index contributed by atoms with van der Waals surface area (Å²) in [5, 5.41) is 0.429. The molecule has 1 atom stereocenters.